The number of thiophene rings is 4. The lowest BCUT2D eigenvalue weighted by Crippen LogP contribution is -1.79. The summed E-state index contributed by atoms with van der Waals surface area (Å²) in [6.45, 7) is 0. The van der Waals surface area contributed by atoms with Crippen LogP contribution in [0.4, 0.5) is 0 Å². The molecule has 0 amide bonds. The Kier molecular flexibility index (Phi) is 6.70. The van der Waals surface area contributed by atoms with Crippen molar-refractivity contribution in [1.29, 1.82) is 0 Å². The lowest BCUT2D eigenvalue weighted by molar-refractivity contribution is 1.66. The Hall–Kier alpha value is -4.84. The zero-order chi connectivity index (χ0) is 31.6. The second-order valence-corrected chi connectivity index (χ2v) is 16.3. The van der Waals surface area contributed by atoms with Crippen molar-refractivity contribution in [3.8, 4) is 52.9 Å². The summed E-state index contributed by atoms with van der Waals surface area (Å²) in [7, 11) is 0. The first kappa shape index (κ1) is 28.2. The van der Waals surface area contributed by atoms with Crippen molar-refractivity contribution in [3.63, 3.8) is 0 Å². The molecule has 10 rings (SSSR count). The first-order valence-corrected chi connectivity index (χ1v) is 19.3. The predicted octanol–water partition coefficient (Wildman–Crippen LogP) is 14.9. The third kappa shape index (κ3) is 4.68. The summed E-state index contributed by atoms with van der Waals surface area (Å²) in [5.41, 5.74) is 7.68. The standard InChI is InChI=1S/C44H26S4/c1-3-13-39-33(7-1)35-11-5-9-31(43(35)47-39)27-15-19-29(20-16-27)37-23-25-41(45-37)42-26-24-38(46-42)30-21-17-28(18-22-30)32-10-6-12-36-34-8-2-4-14-40(34)48-44(32)36/h1-26H. The van der Waals surface area contributed by atoms with Gasteiger partial charge in [-0.3, -0.25) is 0 Å². The Labute approximate surface area is 294 Å². The van der Waals surface area contributed by atoms with Crippen LogP contribution in [0.25, 0.3) is 93.2 Å². The van der Waals surface area contributed by atoms with Crippen LogP contribution in [0.1, 0.15) is 0 Å². The molecule has 0 nitrogen and oxygen atoms in total. The second kappa shape index (κ2) is 11.4. The van der Waals surface area contributed by atoms with Gasteiger partial charge in [-0.25, -0.2) is 0 Å². The van der Waals surface area contributed by atoms with Crippen LogP contribution in [-0.2, 0) is 0 Å². The molecule has 0 radical (unpaired) electrons. The molecule has 4 heterocycles. The molecule has 0 atom stereocenters. The highest BCUT2D eigenvalue weighted by Crippen LogP contribution is 2.44. The van der Waals surface area contributed by atoms with Crippen LogP contribution >= 0.6 is 45.3 Å². The second-order valence-electron chi connectivity index (χ2n) is 12.0. The van der Waals surface area contributed by atoms with Crippen molar-refractivity contribution in [2.75, 3.05) is 0 Å². The molecule has 0 N–H and O–H groups in total. The summed E-state index contributed by atoms with van der Waals surface area (Å²) >= 11 is 7.52. The maximum atomic E-state index is 2.28. The van der Waals surface area contributed by atoms with Gasteiger partial charge >= 0.3 is 0 Å². The summed E-state index contributed by atoms with van der Waals surface area (Å²) in [4.78, 5) is 5.22. The minimum absolute atomic E-state index is 1.26. The quantitative estimate of drug-likeness (QED) is 0.169. The number of hydrogen-bond donors (Lipinski definition) is 0. The Bertz CT molecular complexity index is 2570. The minimum atomic E-state index is 1.26. The van der Waals surface area contributed by atoms with E-state index in [1.165, 1.54) is 93.2 Å². The Morgan fingerprint density at radius 2 is 0.625 bits per heavy atom. The van der Waals surface area contributed by atoms with Gasteiger partial charge in [-0.15, -0.1) is 45.3 Å². The molecule has 48 heavy (non-hydrogen) atoms. The Morgan fingerprint density at radius 1 is 0.250 bits per heavy atom. The molecule has 4 heteroatoms. The van der Waals surface area contributed by atoms with E-state index in [1.54, 1.807) is 0 Å². The lowest BCUT2D eigenvalue weighted by Gasteiger charge is -2.05. The summed E-state index contributed by atoms with van der Waals surface area (Å²) in [6, 6.07) is 58.1. The van der Waals surface area contributed by atoms with Gasteiger partial charge in [0.1, 0.15) is 0 Å². The average Bonchev–Trinajstić information content (AvgIpc) is 3.96. The molecular formula is C44H26S4. The molecule has 4 aromatic heterocycles. The van der Waals surface area contributed by atoms with Crippen molar-refractivity contribution in [1.82, 2.24) is 0 Å². The van der Waals surface area contributed by atoms with Crippen LogP contribution in [0.5, 0.6) is 0 Å². The molecular weight excluding hydrogens is 657 g/mol. The molecule has 0 saturated carbocycles. The molecule has 0 fully saturated rings. The first-order valence-electron chi connectivity index (χ1n) is 16.0. The Balaban J connectivity index is 0.904. The number of fused-ring (bicyclic) bond motifs is 6. The van der Waals surface area contributed by atoms with E-state index in [-0.39, 0.29) is 0 Å². The highest BCUT2D eigenvalue weighted by molar-refractivity contribution is 7.27. The fourth-order valence-electron chi connectivity index (χ4n) is 6.83. The van der Waals surface area contributed by atoms with Gasteiger partial charge in [-0.2, -0.15) is 0 Å². The number of benzene rings is 6. The van der Waals surface area contributed by atoms with Crippen molar-refractivity contribution in [3.05, 3.63) is 158 Å². The van der Waals surface area contributed by atoms with Gasteiger partial charge in [-0.1, -0.05) is 121 Å². The third-order valence-electron chi connectivity index (χ3n) is 9.22. The molecule has 226 valence electrons. The fourth-order valence-corrected chi connectivity index (χ4v) is 11.4. The normalized spacial score (nSPS) is 11.8. The van der Waals surface area contributed by atoms with Gasteiger partial charge < -0.3 is 0 Å². The van der Waals surface area contributed by atoms with Crippen LogP contribution in [0.3, 0.4) is 0 Å². The van der Waals surface area contributed by atoms with Crippen molar-refractivity contribution in [2.45, 2.75) is 0 Å². The minimum Gasteiger partial charge on any atom is -0.135 e. The van der Waals surface area contributed by atoms with Gasteiger partial charge in [0.2, 0.25) is 0 Å². The highest BCUT2D eigenvalue weighted by Gasteiger charge is 2.14. The molecule has 0 unspecified atom stereocenters. The van der Waals surface area contributed by atoms with Crippen molar-refractivity contribution >= 4 is 85.7 Å². The van der Waals surface area contributed by atoms with E-state index in [1.807, 2.05) is 45.3 Å². The molecule has 6 aromatic carbocycles. The van der Waals surface area contributed by atoms with Gasteiger partial charge in [0, 0.05) is 59.9 Å². The molecule has 0 saturated heterocycles. The maximum Gasteiger partial charge on any atom is 0.0449 e. The predicted molar refractivity (Wildman–Crippen MR) is 215 cm³/mol. The SMILES string of the molecule is c1ccc2c(c1)sc1c(-c3ccc(-c4ccc(-c5ccc(-c6ccc(-c7cccc8c7sc7ccccc78)cc6)s5)s4)cc3)cccc12. The summed E-state index contributed by atoms with van der Waals surface area (Å²) in [5.74, 6) is 0. The number of rotatable bonds is 5. The van der Waals surface area contributed by atoms with E-state index in [2.05, 4.69) is 158 Å². The van der Waals surface area contributed by atoms with E-state index >= 15 is 0 Å². The third-order valence-corrected chi connectivity index (χ3v) is 14.1. The highest BCUT2D eigenvalue weighted by atomic mass is 32.1. The lowest BCUT2D eigenvalue weighted by atomic mass is 10.0. The fraction of sp³-hybridized carbons (Fsp3) is 0. The van der Waals surface area contributed by atoms with Gasteiger partial charge in [-0.05, 0) is 69.8 Å². The van der Waals surface area contributed by atoms with Crippen LogP contribution in [0.15, 0.2) is 158 Å². The molecule has 0 aliphatic heterocycles. The van der Waals surface area contributed by atoms with Crippen molar-refractivity contribution in [2.24, 2.45) is 0 Å². The summed E-state index contributed by atoms with van der Waals surface area (Å²) in [5, 5.41) is 5.38. The van der Waals surface area contributed by atoms with E-state index < -0.39 is 0 Å². The van der Waals surface area contributed by atoms with Crippen LogP contribution in [0.2, 0.25) is 0 Å². The molecule has 0 aliphatic carbocycles. The van der Waals surface area contributed by atoms with E-state index in [0.717, 1.165) is 0 Å². The topological polar surface area (TPSA) is 0 Å². The Morgan fingerprint density at radius 3 is 1.08 bits per heavy atom. The van der Waals surface area contributed by atoms with Gasteiger partial charge in [0.05, 0.1) is 0 Å². The number of hydrogen-bond acceptors (Lipinski definition) is 4. The van der Waals surface area contributed by atoms with Gasteiger partial charge in [0.15, 0.2) is 0 Å². The molecule has 0 spiro atoms. The zero-order valence-corrected chi connectivity index (χ0v) is 28.9. The monoisotopic (exact) mass is 682 g/mol. The van der Waals surface area contributed by atoms with E-state index in [0.29, 0.717) is 0 Å². The largest absolute Gasteiger partial charge is 0.135 e. The maximum absolute atomic E-state index is 2.28. The van der Waals surface area contributed by atoms with Crippen LogP contribution < -0.4 is 0 Å². The van der Waals surface area contributed by atoms with E-state index in [4.69, 9.17) is 0 Å². The molecule has 0 aliphatic rings. The summed E-state index contributed by atoms with van der Waals surface area (Å²) < 4.78 is 5.41. The van der Waals surface area contributed by atoms with Crippen LogP contribution in [0, 0.1) is 0 Å². The smallest absolute Gasteiger partial charge is 0.0449 e. The first-order chi connectivity index (χ1) is 23.8. The van der Waals surface area contributed by atoms with E-state index in [9.17, 15) is 0 Å². The van der Waals surface area contributed by atoms with Crippen molar-refractivity contribution < 1.29 is 0 Å². The zero-order valence-electron chi connectivity index (χ0n) is 25.6. The van der Waals surface area contributed by atoms with Crippen LogP contribution in [-0.4, -0.2) is 0 Å². The van der Waals surface area contributed by atoms with Gasteiger partial charge in [0.25, 0.3) is 0 Å². The molecule has 0 bridgehead atoms. The molecule has 10 aromatic rings. The summed E-state index contributed by atoms with van der Waals surface area (Å²) in [6.07, 6.45) is 0. The average molecular weight is 683 g/mol.